The predicted molar refractivity (Wildman–Crippen MR) is 144 cm³/mol. The normalized spacial score (nSPS) is 13.1. The first-order valence-electron chi connectivity index (χ1n) is 12.3. The summed E-state index contributed by atoms with van der Waals surface area (Å²) in [6.45, 7) is 6.10. The zero-order valence-electron chi connectivity index (χ0n) is 20.6. The van der Waals surface area contributed by atoms with Gasteiger partial charge in [-0.25, -0.2) is 4.79 Å². The Morgan fingerprint density at radius 1 is 0.771 bits per heavy atom. The van der Waals surface area contributed by atoms with Crippen LogP contribution in [-0.2, 0) is 4.79 Å². The van der Waals surface area contributed by atoms with Crippen LogP contribution in [0.3, 0.4) is 0 Å². The maximum absolute atomic E-state index is 13.6. The number of hydrogen-bond acceptors (Lipinski definition) is 2. The van der Waals surface area contributed by atoms with E-state index in [4.69, 9.17) is 0 Å². The molecule has 35 heavy (non-hydrogen) atoms. The quantitative estimate of drug-likeness (QED) is 0.285. The van der Waals surface area contributed by atoms with Crippen molar-refractivity contribution in [1.29, 1.82) is 0 Å². The fraction of sp³-hybridized carbons (Fsp3) is 0.226. The second-order valence-electron chi connectivity index (χ2n) is 8.88. The van der Waals surface area contributed by atoms with Crippen LogP contribution in [0.25, 0.3) is 21.5 Å². The van der Waals surface area contributed by atoms with Crippen molar-refractivity contribution in [3.8, 4) is 0 Å². The molecule has 1 N–H and O–H groups in total. The van der Waals surface area contributed by atoms with Crippen molar-refractivity contribution >= 4 is 33.5 Å². The first-order chi connectivity index (χ1) is 17.0. The average Bonchev–Trinajstić information content (AvgIpc) is 2.88. The molecule has 0 fully saturated rings. The number of allylic oxidation sites excluding steroid dienone is 1. The highest BCUT2D eigenvalue weighted by Crippen LogP contribution is 2.36. The van der Waals surface area contributed by atoms with E-state index in [2.05, 4.69) is 53.8 Å². The van der Waals surface area contributed by atoms with Crippen LogP contribution < -0.4 is 5.32 Å². The Morgan fingerprint density at radius 2 is 1.26 bits per heavy atom. The molecule has 4 aromatic rings. The third kappa shape index (κ3) is 5.27. The van der Waals surface area contributed by atoms with Crippen molar-refractivity contribution in [2.24, 2.45) is 0 Å². The number of hydrogen-bond donors (Lipinski definition) is 1. The number of nitrogens with one attached hydrogen (secondary N) is 1. The van der Waals surface area contributed by atoms with E-state index in [0.717, 1.165) is 45.5 Å². The van der Waals surface area contributed by atoms with E-state index in [-0.39, 0.29) is 12.1 Å². The molecule has 2 atom stereocenters. The van der Waals surface area contributed by atoms with Gasteiger partial charge in [0.05, 0.1) is 12.1 Å². The molecular weight excluding hydrogens is 432 g/mol. The topological polar surface area (TPSA) is 49.4 Å². The van der Waals surface area contributed by atoms with Gasteiger partial charge in [-0.15, -0.1) is 0 Å². The van der Waals surface area contributed by atoms with E-state index in [0.29, 0.717) is 0 Å². The number of urea groups is 1. The van der Waals surface area contributed by atoms with Gasteiger partial charge in [-0.05, 0) is 59.0 Å². The van der Waals surface area contributed by atoms with Crippen molar-refractivity contribution < 1.29 is 9.59 Å². The van der Waals surface area contributed by atoms with E-state index in [9.17, 15) is 9.59 Å². The van der Waals surface area contributed by atoms with Gasteiger partial charge in [0.2, 0.25) is 0 Å². The number of fused-ring (bicyclic) bond motifs is 2. The number of benzene rings is 4. The van der Waals surface area contributed by atoms with Crippen molar-refractivity contribution in [3.05, 3.63) is 108 Å². The van der Waals surface area contributed by atoms with Gasteiger partial charge in [0.15, 0.2) is 0 Å². The maximum Gasteiger partial charge on any atom is 0.325 e. The second kappa shape index (κ2) is 11.0. The van der Waals surface area contributed by atoms with E-state index in [1.807, 2.05) is 57.2 Å². The zero-order chi connectivity index (χ0) is 24.8. The zero-order valence-corrected chi connectivity index (χ0v) is 20.6. The van der Waals surface area contributed by atoms with E-state index >= 15 is 0 Å². The largest absolute Gasteiger partial charge is 0.325 e. The molecule has 0 spiro atoms. The molecule has 0 radical (unpaired) electrons. The van der Waals surface area contributed by atoms with Crippen LogP contribution in [0.15, 0.2) is 97.1 Å². The van der Waals surface area contributed by atoms with Crippen molar-refractivity contribution in [2.75, 3.05) is 0 Å². The molecule has 4 rings (SSSR count). The highest BCUT2D eigenvalue weighted by molar-refractivity contribution is 6.00. The lowest BCUT2D eigenvalue weighted by atomic mass is 9.94. The molecular formula is C31H32N2O2. The number of carbonyl (C=O) groups excluding carboxylic acids is 2. The Hall–Kier alpha value is -3.92. The predicted octanol–water partition coefficient (Wildman–Crippen LogP) is 7.71. The lowest BCUT2D eigenvalue weighted by Crippen LogP contribution is -2.44. The summed E-state index contributed by atoms with van der Waals surface area (Å²) in [5, 5.41) is 7.03. The summed E-state index contributed by atoms with van der Waals surface area (Å²) in [5.41, 5.74) is 2.08. The minimum absolute atomic E-state index is 0.275. The lowest BCUT2D eigenvalue weighted by molar-refractivity contribution is -0.115. The van der Waals surface area contributed by atoms with Crippen LogP contribution in [0.1, 0.15) is 56.8 Å². The van der Waals surface area contributed by atoms with E-state index in [1.165, 1.54) is 6.08 Å². The third-order valence-electron chi connectivity index (χ3n) is 6.57. The molecule has 3 amide bonds. The van der Waals surface area contributed by atoms with Crippen molar-refractivity contribution in [1.82, 2.24) is 10.2 Å². The smallest absolute Gasteiger partial charge is 0.311 e. The first kappa shape index (κ1) is 24.2. The van der Waals surface area contributed by atoms with Gasteiger partial charge in [-0.3, -0.25) is 10.1 Å². The SMILES string of the molecule is CCC/C=C/C(=O)NC(=O)N([C@H](C)c1cccc2ccccc12)[C@H](C)c1cccc2ccccc12. The summed E-state index contributed by atoms with van der Waals surface area (Å²) >= 11 is 0. The molecule has 0 aromatic heterocycles. The molecule has 0 bridgehead atoms. The van der Waals surface area contributed by atoms with Gasteiger partial charge in [0.1, 0.15) is 0 Å². The van der Waals surface area contributed by atoms with Gasteiger partial charge in [-0.2, -0.15) is 0 Å². The van der Waals surface area contributed by atoms with Crippen molar-refractivity contribution in [3.63, 3.8) is 0 Å². The summed E-state index contributed by atoms with van der Waals surface area (Å²) < 4.78 is 0. The minimum Gasteiger partial charge on any atom is -0.311 e. The van der Waals surface area contributed by atoms with Gasteiger partial charge < -0.3 is 4.90 Å². The standard InChI is InChI=1S/C31H32N2O2/c1-4-5-6-21-30(34)32-31(35)33(22(2)26-19-11-15-24-13-7-9-17-28(24)26)23(3)27-20-12-16-25-14-8-10-18-29(25)27/h6-23H,4-5H2,1-3H3,(H,32,34,35)/b21-6+/t22-,23-/m1/s1. The fourth-order valence-electron chi connectivity index (χ4n) is 4.79. The summed E-state index contributed by atoms with van der Waals surface area (Å²) in [4.78, 5) is 28.0. The molecule has 4 nitrogen and oxygen atoms in total. The molecule has 0 heterocycles. The first-order valence-corrected chi connectivity index (χ1v) is 12.3. The van der Waals surface area contributed by atoms with E-state index in [1.54, 1.807) is 11.0 Å². The molecule has 4 aromatic carbocycles. The third-order valence-corrected chi connectivity index (χ3v) is 6.57. The van der Waals surface area contributed by atoms with Crippen molar-refractivity contribution in [2.45, 2.75) is 45.7 Å². The van der Waals surface area contributed by atoms with E-state index < -0.39 is 11.9 Å². The highest BCUT2D eigenvalue weighted by atomic mass is 16.2. The Labute approximate surface area is 207 Å². The molecule has 0 saturated heterocycles. The van der Waals surface area contributed by atoms with Crippen LogP contribution in [0.4, 0.5) is 4.79 Å². The lowest BCUT2D eigenvalue weighted by Gasteiger charge is -2.36. The summed E-state index contributed by atoms with van der Waals surface area (Å²) in [7, 11) is 0. The Kier molecular flexibility index (Phi) is 7.61. The molecule has 4 heteroatoms. The molecule has 0 aliphatic heterocycles. The number of carbonyl (C=O) groups is 2. The molecule has 178 valence electrons. The molecule has 0 aliphatic rings. The molecule has 0 unspecified atom stereocenters. The average molecular weight is 465 g/mol. The monoisotopic (exact) mass is 464 g/mol. The van der Waals surface area contributed by atoms with Gasteiger partial charge >= 0.3 is 6.03 Å². The highest BCUT2D eigenvalue weighted by Gasteiger charge is 2.30. The minimum atomic E-state index is -0.406. The Bertz CT molecular complexity index is 1280. The summed E-state index contributed by atoms with van der Waals surface area (Å²) in [5.74, 6) is -0.399. The van der Waals surface area contributed by atoms with Gasteiger partial charge in [0, 0.05) is 0 Å². The number of nitrogens with zero attached hydrogens (tertiary/aromatic N) is 1. The Morgan fingerprint density at radius 3 is 1.77 bits per heavy atom. The molecule has 0 saturated carbocycles. The van der Waals surface area contributed by atoms with Crippen LogP contribution in [0, 0.1) is 0 Å². The van der Waals surface area contributed by atoms with Gasteiger partial charge in [-0.1, -0.05) is 104 Å². The number of unbranched alkanes of at least 4 members (excludes halogenated alkanes) is 1. The number of amides is 3. The van der Waals surface area contributed by atoms with Crippen LogP contribution in [0.2, 0.25) is 0 Å². The Balaban J connectivity index is 1.77. The summed E-state index contributed by atoms with van der Waals surface area (Å²) in [6, 6.07) is 27.7. The summed E-state index contributed by atoms with van der Waals surface area (Å²) in [6.07, 6.45) is 4.99. The number of rotatable bonds is 7. The van der Waals surface area contributed by atoms with Gasteiger partial charge in [0.25, 0.3) is 5.91 Å². The van der Waals surface area contributed by atoms with Crippen LogP contribution >= 0.6 is 0 Å². The van der Waals surface area contributed by atoms with Crippen LogP contribution in [-0.4, -0.2) is 16.8 Å². The molecule has 0 aliphatic carbocycles. The van der Waals surface area contributed by atoms with Crippen LogP contribution in [0.5, 0.6) is 0 Å². The number of imide groups is 1. The second-order valence-corrected chi connectivity index (χ2v) is 8.88. The fourth-order valence-corrected chi connectivity index (χ4v) is 4.79. The maximum atomic E-state index is 13.6.